The first-order valence-electron chi connectivity index (χ1n) is 8.24. The molecule has 2 N–H and O–H groups in total. The number of nitrogens with zero attached hydrogens (tertiary/aromatic N) is 2. The lowest BCUT2D eigenvalue weighted by Gasteiger charge is -2.10. The van der Waals surface area contributed by atoms with Gasteiger partial charge < -0.3 is 14.8 Å². The van der Waals surface area contributed by atoms with Crippen LogP contribution in [0.4, 0.5) is 17.6 Å². The zero-order valence-corrected chi connectivity index (χ0v) is 15.7. The standard InChI is InChI=1S/C18H16F4N4O4/c1-24-7-11(13(23)15(19)20)17(27)29-9-3-5-10(6-4-9)30-18(28)12-8-26(2)25-14(12)16(21)22/h3-8,15-16,23-24H,1-2H3/b11-7+,23-13?. The summed E-state index contributed by atoms with van der Waals surface area (Å²) in [6.07, 6.45) is -4.15. The van der Waals surface area contributed by atoms with E-state index in [0.29, 0.717) is 0 Å². The van der Waals surface area contributed by atoms with E-state index in [4.69, 9.17) is 14.9 Å². The Hall–Kier alpha value is -3.70. The number of esters is 2. The molecule has 1 aromatic carbocycles. The lowest BCUT2D eigenvalue weighted by atomic mass is 10.2. The van der Waals surface area contributed by atoms with Crippen LogP contribution in [0.1, 0.15) is 22.5 Å². The van der Waals surface area contributed by atoms with E-state index in [1.807, 2.05) is 0 Å². The lowest BCUT2D eigenvalue weighted by Crippen LogP contribution is -2.24. The second-order valence-corrected chi connectivity index (χ2v) is 5.71. The van der Waals surface area contributed by atoms with Crippen molar-refractivity contribution in [2.45, 2.75) is 12.9 Å². The number of aromatic nitrogens is 2. The van der Waals surface area contributed by atoms with Gasteiger partial charge in [0.05, 0.1) is 0 Å². The van der Waals surface area contributed by atoms with E-state index in [-0.39, 0.29) is 11.5 Å². The van der Waals surface area contributed by atoms with E-state index in [1.54, 1.807) is 0 Å². The topological polar surface area (TPSA) is 106 Å². The van der Waals surface area contributed by atoms with Gasteiger partial charge in [-0.3, -0.25) is 10.1 Å². The Morgan fingerprint density at radius 3 is 2.20 bits per heavy atom. The van der Waals surface area contributed by atoms with Gasteiger partial charge in [0, 0.05) is 26.5 Å². The predicted octanol–water partition coefficient (Wildman–Crippen LogP) is 2.87. The molecule has 0 spiro atoms. The number of nitrogens with one attached hydrogen (secondary N) is 2. The third-order valence-electron chi connectivity index (χ3n) is 3.55. The van der Waals surface area contributed by atoms with Crippen molar-refractivity contribution < 1.29 is 36.6 Å². The third-order valence-corrected chi connectivity index (χ3v) is 3.55. The summed E-state index contributed by atoms with van der Waals surface area (Å²) < 4.78 is 62.2. The zero-order chi connectivity index (χ0) is 22.4. The van der Waals surface area contributed by atoms with E-state index in [0.717, 1.165) is 17.1 Å². The maximum absolute atomic E-state index is 12.9. The lowest BCUT2D eigenvalue weighted by molar-refractivity contribution is -0.129. The molecule has 1 heterocycles. The van der Waals surface area contributed by atoms with E-state index in [1.165, 1.54) is 38.4 Å². The number of rotatable bonds is 8. The number of carbonyl (C=O) groups excluding carboxylic acids is 2. The molecule has 0 fully saturated rings. The molecule has 0 radical (unpaired) electrons. The number of halogens is 4. The maximum atomic E-state index is 12.9. The first kappa shape index (κ1) is 22.6. The fourth-order valence-corrected chi connectivity index (χ4v) is 2.23. The molecule has 0 aliphatic rings. The molecule has 0 saturated heterocycles. The van der Waals surface area contributed by atoms with Crippen molar-refractivity contribution in [3.05, 3.63) is 53.5 Å². The van der Waals surface area contributed by atoms with Crippen molar-refractivity contribution in [3.63, 3.8) is 0 Å². The zero-order valence-electron chi connectivity index (χ0n) is 15.7. The van der Waals surface area contributed by atoms with Gasteiger partial charge in [-0.2, -0.15) is 5.10 Å². The highest BCUT2D eigenvalue weighted by atomic mass is 19.3. The molecule has 12 heteroatoms. The van der Waals surface area contributed by atoms with Gasteiger partial charge in [-0.15, -0.1) is 0 Å². The SMILES string of the molecule is CN/C=C(\C(=N)C(F)F)C(=O)Oc1ccc(OC(=O)c2cn(C)nc2C(F)F)cc1. The number of hydrogen-bond acceptors (Lipinski definition) is 7. The highest BCUT2D eigenvalue weighted by molar-refractivity contribution is 6.20. The van der Waals surface area contributed by atoms with Gasteiger partial charge in [-0.05, 0) is 24.3 Å². The first-order chi connectivity index (χ1) is 14.1. The van der Waals surface area contributed by atoms with Gasteiger partial charge in [-0.1, -0.05) is 0 Å². The highest BCUT2D eigenvalue weighted by Crippen LogP contribution is 2.24. The minimum absolute atomic E-state index is 0.0461. The van der Waals surface area contributed by atoms with Crippen LogP contribution in [0.2, 0.25) is 0 Å². The largest absolute Gasteiger partial charge is 0.423 e. The number of hydrogen-bond donors (Lipinski definition) is 2. The smallest absolute Gasteiger partial charge is 0.347 e. The van der Waals surface area contributed by atoms with Crippen LogP contribution in [-0.4, -0.2) is 40.9 Å². The average molecular weight is 428 g/mol. The van der Waals surface area contributed by atoms with E-state index < -0.39 is 47.3 Å². The maximum Gasteiger partial charge on any atom is 0.347 e. The quantitative estimate of drug-likeness (QED) is 0.220. The summed E-state index contributed by atoms with van der Waals surface area (Å²) in [5.41, 5.74) is -3.01. The van der Waals surface area contributed by atoms with Gasteiger partial charge in [0.1, 0.15) is 34.0 Å². The molecular weight excluding hydrogens is 412 g/mol. The molecule has 0 saturated carbocycles. The molecular formula is C18H16F4N4O4. The molecule has 0 unspecified atom stereocenters. The van der Waals surface area contributed by atoms with Crippen LogP contribution in [0, 0.1) is 5.41 Å². The summed E-state index contributed by atoms with van der Waals surface area (Å²) in [4.78, 5) is 24.1. The number of alkyl halides is 4. The Morgan fingerprint density at radius 1 is 1.13 bits per heavy atom. The van der Waals surface area contributed by atoms with E-state index in [2.05, 4.69) is 10.4 Å². The minimum atomic E-state index is -3.18. The van der Waals surface area contributed by atoms with Gasteiger partial charge in [0.2, 0.25) is 0 Å². The molecule has 30 heavy (non-hydrogen) atoms. The van der Waals surface area contributed by atoms with Crippen molar-refractivity contribution in [3.8, 4) is 11.5 Å². The number of benzene rings is 1. The van der Waals surface area contributed by atoms with Crippen LogP contribution in [0.5, 0.6) is 11.5 Å². The van der Waals surface area contributed by atoms with Crippen molar-refractivity contribution >= 4 is 17.7 Å². The molecule has 2 aromatic rings. The summed E-state index contributed by atoms with van der Waals surface area (Å²) in [6.45, 7) is 0. The van der Waals surface area contributed by atoms with Gasteiger partial charge in [-0.25, -0.2) is 27.2 Å². The monoisotopic (exact) mass is 428 g/mol. The van der Waals surface area contributed by atoms with Crippen LogP contribution in [0.25, 0.3) is 0 Å². The third kappa shape index (κ3) is 5.43. The van der Waals surface area contributed by atoms with Gasteiger partial charge in [0.25, 0.3) is 12.9 Å². The molecule has 0 aliphatic carbocycles. The fourth-order valence-electron chi connectivity index (χ4n) is 2.23. The number of ether oxygens (including phenoxy) is 2. The molecule has 8 nitrogen and oxygen atoms in total. The molecule has 0 atom stereocenters. The molecule has 0 amide bonds. The number of aryl methyl sites for hydroxylation is 1. The van der Waals surface area contributed by atoms with Gasteiger partial charge in [0.15, 0.2) is 0 Å². The van der Waals surface area contributed by atoms with E-state index >= 15 is 0 Å². The molecule has 0 aliphatic heterocycles. The second-order valence-electron chi connectivity index (χ2n) is 5.71. The summed E-state index contributed by atoms with van der Waals surface area (Å²) in [5.74, 6) is -2.39. The summed E-state index contributed by atoms with van der Waals surface area (Å²) in [5, 5.41) is 13.1. The van der Waals surface area contributed by atoms with Crippen LogP contribution >= 0.6 is 0 Å². The van der Waals surface area contributed by atoms with Crippen molar-refractivity contribution in [1.29, 1.82) is 5.41 Å². The first-order valence-corrected chi connectivity index (χ1v) is 8.24. The molecule has 2 rings (SSSR count). The summed E-state index contributed by atoms with van der Waals surface area (Å²) in [6, 6.07) is 4.80. The Bertz CT molecular complexity index is 971. The minimum Gasteiger partial charge on any atom is -0.423 e. The van der Waals surface area contributed by atoms with Crippen LogP contribution in [0.3, 0.4) is 0 Å². The Kier molecular flexibility index (Phi) is 7.28. The van der Waals surface area contributed by atoms with Crippen molar-refractivity contribution in [2.24, 2.45) is 7.05 Å². The number of carbonyl (C=O) groups is 2. The van der Waals surface area contributed by atoms with Gasteiger partial charge >= 0.3 is 11.9 Å². The fraction of sp³-hybridized carbons (Fsp3) is 0.222. The Balaban J connectivity index is 2.10. The highest BCUT2D eigenvalue weighted by Gasteiger charge is 2.25. The van der Waals surface area contributed by atoms with Crippen molar-refractivity contribution in [1.82, 2.24) is 15.1 Å². The van der Waals surface area contributed by atoms with E-state index in [9.17, 15) is 27.2 Å². The summed E-state index contributed by atoms with van der Waals surface area (Å²) in [7, 11) is 2.73. The Morgan fingerprint density at radius 2 is 1.70 bits per heavy atom. The van der Waals surface area contributed by atoms with Crippen molar-refractivity contribution in [2.75, 3.05) is 7.05 Å². The van der Waals surface area contributed by atoms with Crippen LogP contribution in [-0.2, 0) is 11.8 Å². The Labute approximate surface area is 167 Å². The molecule has 0 bridgehead atoms. The molecule has 160 valence electrons. The normalized spacial score (nSPS) is 11.5. The second kappa shape index (κ2) is 9.67. The average Bonchev–Trinajstić information content (AvgIpc) is 3.09. The van der Waals surface area contributed by atoms with Crippen LogP contribution in [0.15, 0.2) is 42.2 Å². The predicted molar refractivity (Wildman–Crippen MR) is 96.1 cm³/mol. The summed E-state index contributed by atoms with van der Waals surface area (Å²) >= 11 is 0. The molecule has 1 aromatic heterocycles. The van der Waals surface area contributed by atoms with Crippen LogP contribution < -0.4 is 14.8 Å².